The van der Waals surface area contributed by atoms with E-state index in [9.17, 15) is 9.18 Å². The highest BCUT2D eigenvalue weighted by Gasteiger charge is 2.27. The second-order valence-corrected chi connectivity index (χ2v) is 7.03. The zero-order valence-corrected chi connectivity index (χ0v) is 15.9. The Labute approximate surface area is 161 Å². The molecule has 1 heterocycles. The van der Waals surface area contributed by atoms with Crippen molar-refractivity contribution in [2.75, 3.05) is 38.0 Å². The number of halogens is 1. The van der Waals surface area contributed by atoms with Gasteiger partial charge in [-0.2, -0.15) is 0 Å². The molecule has 4 nitrogen and oxygen atoms in total. The van der Waals surface area contributed by atoms with Crippen molar-refractivity contribution in [3.8, 4) is 0 Å². The molecule has 1 amide bonds. The molecular weight excluding hydrogens is 341 g/mol. The van der Waals surface area contributed by atoms with Crippen LogP contribution in [0.15, 0.2) is 54.6 Å². The van der Waals surface area contributed by atoms with E-state index in [0.29, 0.717) is 5.69 Å². The summed E-state index contributed by atoms with van der Waals surface area (Å²) in [6.07, 6.45) is 1.82. The van der Waals surface area contributed by atoms with Crippen LogP contribution in [0.5, 0.6) is 0 Å². The van der Waals surface area contributed by atoms with Crippen molar-refractivity contribution in [1.29, 1.82) is 0 Å². The van der Waals surface area contributed by atoms with E-state index in [4.69, 9.17) is 0 Å². The van der Waals surface area contributed by atoms with Gasteiger partial charge in [0, 0.05) is 38.4 Å². The summed E-state index contributed by atoms with van der Waals surface area (Å²) in [5.41, 5.74) is 2.01. The highest BCUT2D eigenvalue weighted by atomic mass is 19.1. The molecule has 1 fully saturated rings. The smallest absolute Gasteiger partial charge is 0.241 e. The minimum absolute atomic E-state index is 0.0122. The van der Waals surface area contributed by atoms with Gasteiger partial charge in [0.05, 0.1) is 6.04 Å². The van der Waals surface area contributed by atoms with Gasteiger partial charge in [-0.1, -0.05) is 37.3 Å². The van der Waals surface area contributed by atoms with E-state index in [1.165, 1.54) is 17.7 Å². The van der Waals surface area contributed by atoms with Gasteiger partial charge in [0.25, 0.3) is 0 Å². The van der Waals surface area contributed by atoms with Gasteiger partial charge in [-0.3, -0.25) is 9.69 Å². The summed E-state index contributed by atoms with van der Waals surface area (Å²) in [5, 5.41) is 2.91. The van der Waals surface area contributed by atoms with Crippen molar-refractivity contribution in [2.24, 2.45) is 0 Å². The first-order valence-electron chi connectivity index (χ1n) is 9.72. The number of nitrogens with zero attached hydrogens (tertiary/aromatic N) is 2. The van der Waals surface area contributed by atoms with Crippen molar-refractivity contribution in [3.05, 3.63) is 66.0 Å². The van der Waals surface area contributed by atoms with Gasteiger partial charge in [0.1, 0.15) is 5.82 Å². The van der Waals surface area contributed by atoms with E-state index >= 15 is 0 Å². The Morgan fingerprint density at radius 2 is 1.70 bits per heavy atom. The fourth-order valence-electron chi connectivity index (χ4n) is 3.60. The molecule has 2 aromatic rings. The minimum Gasteiger partial charge on any atom is -0.325 e. The molecule has 3 rings (SSSR count). The lowest BCUT2D eigenvalue weighted by Crippen LogP contribution is -2.53. The standard InChI is InChI=1S/C22H28FN3O/c1-2-21(22(27)24-20-10-8-19(23)9-11-20)26-16-14-25(15-17-26)13-12-18-6-4-3-5-7-18/h3-11,21H,2,12-17H2,1H3,(H,24,27). The molecule has 1 atom stereocenters. The Morgan fingerprint density at radius 3 is 2.33 bits per heavy atom. The summed E-state index contributed by atoms with van der Waals surface area (Å²) in [6, 6.07) is 16.3. The fourth-order valence-corrected chi connectivity index (χ4v) is 3.60. The molecule has 1 N–H and O–H groups in total. The molecule has 5 heteroatoms. The molecular formula is C22H28FN3O. The first-order valence-corrected chi connectivity index (χ1v) is 9.72. The van der Waals surface area contributed by atoms with Gasteiger partial charge in [0.2, 0.25) is 5.91 Å². The molecule has 0 radical (unpaired) electrons. The largest absolute Gasteiger partial charge is 0.325 e. The molecule has 144 valence electrons. The highest BCUT2D eigenvalue weighted by Crippen LogP contribution is 2.14. The second kappa shape index (κ2) is 9.62. The molecule has 1 unspecified atom stereocenters. The van der Waals surface area contributed by atoms with Crippen molar-refractivity contribution < 1.29 is 9.18 Å². The highest BCUT2D eigenvalue weighted by molar-refractivity contribution is 5.94. The number of rotatable bonds is 7. The summed E-state index contributed by atoms with van der Waals surface area (Å²) in [4.78, 5) is 17.4. The second-order valence-electron chi connectivity index (χ2n) is 7.03. The number of benzene rings is 2. The molecule has 0 aromatic heterocycles. The Bertz CT molecular complexity index is 712. The monoisotopic (exact) mass is 369 g/mol. The third kappa shape index (κ3) is 5.62. The summed E-state index contributed by atoms with van der Waals surface area (Å²) in [6.45, 7) is 6.84. The predicted molar refractivity (Wildman–Crippen MR) is 107 cm³/mol. The third-order valence-corrected chi connectivity index (χ3v) is 5.21. The predicted octanol–water partition coefficient (Wildman–Crippen LogP) is 3.40. The summed E-state index contributed by atoms with van der Waals surface area (Å²) < 4.78 is 13.0. The van der Waals surface area contributed by atoms with Crippen LogP contribution in [0.25, 0.3) is 0 Å². The molecule has 0 aliphatic carbocycles. The topological polar surface area (TPSA) is 35.6 Å². The number of nitrogens with one attached hydrogen (secondary N) is 1. The first kappa shape index (κ1) is 19.5. The minimum atomic E-state index is -0.299. The van der Waals surface area contributed by atoms with E-state index in [1.807, 2.05) is 13.0 Å². The van der Waals surface area contributed by atoms with Crippen LogP contribution >= 0.6 is 0 Å². The van der Waals surface area contributed by atoms with E-state index < -0.39 is 0 Å². The lowest BCUT2D eigenvalue weighted by molar-refractivity contribution is -0.122. The Morgan fingerprint density at radius 1 is 1.04 bits per heavy atom. The molecule has 1 aliphatic rings. The van der Waals surface area contributed by atoms with E-state index in [-0.39, 0.29) is 17.8 Å². The number of carbonyl (C=O) groups is 1. The number of piperazine rings is 1. The van der Waals surface area contributed by atoms with Crippen LogP contribution in [0.4, 0.5) is 10.1 Å². The van der Waals surface area contributed by atoms with Gasteiger partial charge in [-0.05, 0) is 42.7 Å². The van der Waals surface area contributed by atoms with Crippen LogP contribution in [0.2, 0.25) is 0 Å². The number of hydrogen-bond acceptors (Lipinski definition) is 3. The Kier molecular flexibility index (Phi) is 6.96. The maximum Gasteiger partial charge on any atom is 0.241 e. The maximum absolute atomic E-state index is 13.0. The SMILES string of the molecule is CCC(C(=O)Nc1ccc(F)cc1)N1CCN(CCc2ccccc2)CC1. The summed E-state index contributed by atoms with van der Waals surface area (Å²) in [7, 11) is 0. The molecule has 0 spiro atoms. The van der Waals surface area contributed by atoms with Gasteiger partial charge in [-0.25, -0.2) is 4.39 Å². The third-order valence-electron chi connectivity index (χ3n) is 5.21. The van der Waals surface area contributed by atoms with Crippen molar-refractivity contribution in [2.45, 2.75) is 25.8 Å². The van der Waals surface area contributed by atoms with E-state index in [1.54, 1.807) is 12.1 Å². The normalized spacial score (nSPS) is 16.8. The zero-order valence-electron chi connectivity index (χ0n) is 15.9. The van der Waals surface area contributed by atoms with Crippen molar-refractivity contribution in [3.63, 3.8) is 0 Å². The fraction of sp³-hybridized carbons (Fsp3) is 0.409. The van der Waals surface area contributed by atoms with E-state index in [2.05, 4.69) is 39.4 Å². The quantitative estimate of drug-likeness (QED) is 0.812. The summed E-state index contributed by atoms with van der Waals surface area (Å²) in [5.74, 6) is -0.312. The number of carbonyl (C=O) groups excluding carboxylic acids is 1. The van der Waals surface area contributed by atoms with Crippen molar-refractivity contribution in [1.82, 2.24) is 9.80 Å². The molecule has 0 bridgehead atoms. The van der Waals surface area contributed by atoms with Crippen LogP contribution in [-0.2, 0) is 11.2 Å². The van der Waals surface area contributed by atoms with E-state index in [0.717, 1.165) is 45.6 Å². The van der Waals surface area contributed by atoms with Gasteiger partial charge < -0.3 is 10.2 Å². The van der Waals surface area contributed by atoms with Gasteiger partial charge >= 0.3 is 0 Å². The Hall–Kier alpha value is -2.24. The molecule has 0 saturated carbocycles. The number of hydrogen-bond donors (Lipinski definition) is 1. The maximum atomic E-state index is 13.0. The number of amides is 1. The van der Waals surface area contributed by atoms with Gasteiger partial charge in [0.15, 0.2) is 0 Å². The van der Waals surface area contributed by atoms with Crippen LogP contribution in [0.1, 0.15) is 18.9 Å². The van der Waals surface area contributed by atoms with Crippen LogP contribution in [-0.4, -0.2) is 54.5 Å². The molecule has 2 aromatic carbocycles. The number of anilines is 1. The molecule has 1 aliphatic heterocycles. The first-order chi connectivity index (χ1) is 13.2. The lowest BCUT2D eigenvalue weighted by atomic mass is 10.1. The lowest BCUT2D eigenvalue weighted by Gasteiger charge is -2.38. The molecule has 27 heavy (non-hydrogen) atoms. The van der Waals surface area contributed by atoms with Crippen molar-refractivity contribution >= 4 is 11.6 Å². The van der Waals surface area contributed by atoms with Crippen LogP contribution in [0.3, 0.4) is 0 Å². The van der Waals surface area contributed by atoms with Crippen LogP contribution < -0.4 is 5.32 Å². The average Bonchev–Trinajstić information content (AvgIpc) is 2.70. The van der Waals surface area contributed by atoms with Gasteiger partial charge in [-0.15, -0.1) is 0 Å². The zero-order chi connectivity index (χ0) is 19.1. The Balaban J connectivity index is 1.47. The average molecular weight is 369 g/mol. The summed E-state index contributed by atoms with van der Waals surface area (Å²) >= 11 is 0. The molecule has 1 saturated heterocycles. The van der Waals surface area contributed by atoms with Crippen LogP contribution in [0, 0.1) is 5.82 Å².